The second-order valence-corrected chi connectivity index (χ2v) is 6.23. The normalized spacial score (nSPS) is 13.2. The first-order chi connectivity index (χ1) is 9.52. The molecule has 0 spiro atoms. The van der Waals surface area contributed by atoms with E-state index in [1.165, 1.54) is 12.8 Å². The maximum atomic E-state index is 5.70. The topological polar surface area (TPSA) is 42.1 Å². The molecule has 3 heteroatoms. The van der Waals surface area contributed by atoms with Gasteiger partial charge < -0.3 is 10.6 Å². The van der Waals surface area contributed by atoms with Crippen LogP contribution in [-0.2, 0) is 6.54 Å². The van der Waals surface area contributed by atoms with Gasteiger partial charge in [0.2, 0.25) is 0 Å². The molecule has 2 N–H and O–H groups in total. The van der Waals surface area contributed by atoms with E-state index in [2.05, 4.69) is 42.9 Å². The molecule has 1 unspecified atom stereocenters. The van der Waals surface area contributed by atoms with Crippen molar-refractivity contribution in [2.24, 2.45) is 17.6 Å². The molecule has 3 nitrogen and oxygen atoms in total. The van der Waals surface area contributed by atoms with Crippen molar-refractivity contribution in [3.8, 4) is 0 Å². The first-order valence-electron chi connectivity index (χ1n) is 7.84. The molecule has 0 saturated heterocycles. The smallest absolute Gasteiger partial charge is 0.0547 e. The summed E-state index contributed by atoms with van der Waals surface area (Å²) in [7, 11) is 2.18. The zero-order chi connectivity index (χ0) is 15.0. The molecular weight excluding hydrogens is 246 g/mol. The summed E-state index contributed by atoms with van der Waals surface area (Å²) in [6.07, 6.45) is 3.67. The Kier molecular flexibility index (Phi) is 7.78. The number of nitrogens with two attached hydrogens (primary N) is 1. The molecular formula is C17H31N3. The Labute approximate surface area is 124 Å². The molecule has 0 amide bonds. The van der Waals surface area contributed by atoms with Gasteiger partial charge in [0.25, 0.3) is 0 Å². The number of nitrogens with zero attached hydrogens (tertiary/aromatic N) is 2. The lowest BCUT2D eigenvalue weighted by atomic mass is 9.88. The van der Waals surface area contributed by atoms with Gasteiger partial charge in [-0.15, -0.1) is 0 Å². The predicted molar refractivity (Wildman–Crippen MR) is 86.5 cm³/mol. The van der Waals surface area contributed by atoms with Crippen LogP contribution in [0.1, 0.15) is 44.5 Å². The van der Waals surface area contributed by atoms with Crippen molar-refractivity contribution >= 4 is 0 Å². The summed E-state index contributed by atoms with van der Waals surface area (Å²) in [5.41, 5.74) is 7.95. The van der Waals surface area contributed by atoms with Crippen molar-refractivity contribution in [3.63, 3.8) is 0 Å². The minimum absolute atomic E-state index is 0.738. The molecule has 0 saturated carbocycles. The molecule has 1 aromatic heterocycles. The van der Waals surface area contributed by atoms with Crippen molar-refractivity contribution in [1.82, 2.24) is 9.88 Å². The molecule has 0 fully saturated rings. The maximum absolute atomic E-state index is 5.70. The Bertz CT molecular complexity index is 376. The van der Waals surface area contributed by atoms with Crippen molar-refractivity contribution in [2.75, 3.05) is 20.1 Å². The Morgan fingerprint density at radius 3 is 2.60 bits per heavy atom. The fraction of sp³-hybridized carbons (Fsp3) is 0.706. The van der Waals surface area contributed by atoms with Crippen LogP contribution in [0.4, 0.5) is 0 Å². The highest BCUT2D eigenvalue weighted by Gasteiger charge is 2.12. The van der Waals surface area contributed by atoms with E-state index in [1.54, 1.807) is 0 Å². The van der Waals surface area contributed by atoms with E-state index in [0.717, 1.165) is 49.3 Å². The summed E-state index contributed by atoms with van der Waals surface area (Å²) in [4.78, 5) is 6.92. The van der Waals surface area contributed by atoms with Gasteiger partial charge in [-0.1, -0.05) is 19.9 Å². The minimum atomic E-state index is 0.738. The second kappa shape index (κ2) is 9.09. The quantitative estimate of drug-likeness (QED) is 0.753. The summed E-state index contributed by atoms with van der Waals surface area (Å²) in [6.45, 7) is 9.53. The molecule has 0 aliphatic carbocycles. The largest absolute Gasteiger partial charge is 0.330 e. The SMILES string of the molecule is Cc1cccc(CN(C)CCCC(CCN)C(C)C)n1. The van der Waals surface area contributed by atoms with Crippen LogP contribution < -0.4 is 5.73 Å². The Hall–Kier alpha value is -0.930. The van der Waals surface area contributed by atoms with Crippen LogP contribution in [0.25, 0.3) is 0 Å². The average molecular weight is 277 g/mol. The van der Waals surface area contributed by atoms with E-state index in [9.17, 15) is 0 Å². The van der Waals surface area contributed by atoms with Gasteiger partial charge in [0.1, 0.15) is 0 Å². The van der Waals surface area contributed by atoms with Gasteiger partial charge in [0.05, 0.1) is 5.69 Å². The lowest BCUT2D eigenvalue weighted by Crippen LogP contribution is -2.22. The van der Waals surface area contributed by atoms with E-state index in [1.807, 2.05) is 13.0 Å². The monoisotopic (exact) mass is 277 g/mol. The highest BCUT2D eigenvalue weighted by molar-refractivity contribution is 5.09. The molecule has 0 aliphatic heterocycles. The Morgan fingerprint density at radius 1 is 1.25 bits per heavy atom. The average Bonchev–Trinajstić information content (AvgIpc) is 2.37. The van der Waals surface area contributed by atoms with E-state index in [0.29, 0.717) is 0 Å². The third kappa shape index (κ3) is 6.49. The standard InChI is InChI=1S/C17H31N3/c1-14(2)16(10-11-18)8-6-12-20(4)13-17-9-5-7-15(3)19-17/h5,7,9,14,16H,6,8,10-13,18H2,1-4H3. The molecule has 114 valence electrons. The second-order valence-electron chi connectivity index (χ2n) is 6.23. The zero-order valence-electron chi connectivity index (χ0n) is 13.6. The molecule has 0 radical (unpaired) electrons. The van der Waals surface area contributed by atoms with Crippen LogP contribution in [0.5, 0.6) is 0 Å². The van der Waals surface area contributed by atoms with E-state index in [4.69, 9.17) is 5.73 Å². The fourth-order valence-corrected chi connectivity index (χ4v) is 2.69. The fourth-order valence-electron chi connectivity index (χ4n) is 2.69. The van der Waals surface area contributed by atoms with E-state index >= 15 is 0 Å². The number of pyridine rings is 1. The van der Waals surface area contributed by atoms with Crippen LogP contribution in [-0.4, -0.2) is 30.0 Å². The number of rotatable bonds is 9. The van der Waals surface area contributed by atoms with Gasteiger partial charge in [-0.3, -0.25) is 4.98 Å². The lowest BCUT2D eigenvalue weighted by molar-refractivity contribution is 0.276. The van der Waals surface area contributed by atoms with Gasteiger partial charge in [0.15, 0.2) is 0 Å². The first-order valence-corrected chi connectivity index (χ1v) is 7.84. The molecule has 0 aromatic carbocycles. The third-order valence-corrected chi connectivity index (χ3v) is 3.97. The van der Waals surface area contributed by atoms with Gasteiger partial charge in [-0.05, 0) is 70.3 Å². The van der Waals surface area contributed by atoms with Gasteiger partial charge >= 0.3 is 0 Å². The van der Waals surface area contributed by atoms with Crippen molar-refractivity contribution in [1.29, 1.82) is 0 Å². The highest BCUT2D eigenvalue weighted by Crippen LogP contribution is 2.20. The summed E-state index contributed by atoms with van der Waals surface area (Å²) >= 11 is 0. The van der Waals surface area contributed by atoms with Crippen LogP contribution >= 0.6 is 0 Å². The molecule has 1 aromatic rings. The van der Waals surface area contributed by atoms with Crippen LogP contribution in [0, 0.1) is 18.8 Å². The molecule has 1 atom stereocenters. The number of hydrogen-bond acceptors (Lipinski definition) is 3. The summed E-state index contributed by atoms with van der Waals surface area (Å²) in [5.74, 6) is 1.51. The van der Waals surface area contributed by atoms with Crippen LogP contribution in [0.3, 0.4) is 0 Å². The zero-order valence-corrected chi connectivity index (χ0v) is 13.6. The van der Waals surface area contributed by atoms with E-state index in [-0.39, 0.29) is 0 Å². The highest BCUT2D eigenvalue weighted by atomic mass is 15.1. The maximum Gasteiger partial charge on any atom is 0.0547 e. The van der Waals surface area contributed by atoms with Crippen molar-refractivity contribution in [2.45, 2.75) is 46.6 Å². The Morgan fingerprint density at radius 2 is 2.00 bits per heavy atom. The lowest BCUT2D eigenvalue weighted by Gasteiger charge is -2.22. The molecule has 0 bridgehead atoms. The number of aromatic nitrogens is 1. The number of hydrogen-bond donors (Lipinski definition) is 1. The third-order valence-electron chi connectivity index (χ3n) is 3.97. The summed E-state index contributed by atoms with van der Waals surface area (Å²) in [6, 6.07) is 6.24. The van der Waals surface area contributed by atoms with Crippen LogP contribution in [0.2, 0.25) is 0 Å². The minimum Gasteiger partial charge on any atom is -0.330 e. The summed E-state index contributed by atoms with van der Waals surface area (Å²) in [5, 5.41) is 0. The summed E-state index contributed by atoms with van der Waals surface area (Å²) < 4.78 is 0. The molecule has 20 heavy (non-hydrogen) atoms. The predicted octanol–water partition coefficient (Wildman–Crippen LogP) is 3.22. The van der Waals surface area contributed by atoms with Gasteiger partial charge in [-0.2, -0.15) is 0 Å². The Balaban J connectivity index is 2.30. The van der Waals surface area contributed by atoms with Crippen molar-refractivity contribution in [3.05, 3.63) is 29.6 Å². The van der Waals surface area contributed by atoms with Gasteiger partial charge in [0, 0.05) is 12.2 Å². The van der Waals surface area contributed by atoms with Crippen molar-refractivity contribution < 1.29 is 0 Å². The molecule has 1 heterocycles. The molecule has 0 aliphatic rings. The molecule has 1 rings (SSSR count). The van der Waals surface area contributed by atoms with Crippen LogP contribution in [0.15, 0.2) is 18.2 Å². The first kappa shape index (κ1) is 17.1. The van der Waals surface area contributed by atoms with Gasteiger partial charge in [-0.25, -0.2) is 0 Å². The van der Waals surface area contributed by atoms with E-state index < -0.39 is 0 Å². The number of aryl methyl sites for hydroxylation is 1.